The smallest absolute Gasteiger partial charge is 0.321 e. The van der Waals surface area contributed by atoms with Crippen molar-refractivity contribution < 1.29 is 17.9 Å². The van der Waals surface area contributed by atoms with E-state index in [0.29, 0.717) is 6.42 Å². The molecule has 132 valence electrons. The summed E-state index contributed by atoms with van der Waals surface area (Å²) >= 11 is 5.52. The number of benzene rings is 2. The van der Waals surface area contributed by atoms with Gasteiger partial charge in [-0.1, -0.05) is 42.0 Å². The molecule has 2 atom stereocenters. The van der Waals surface area contributed by atoms with Gasteiger partial charge in [-0.15, -0.1) is 11.6 Å². The summed E-state index contributed by atoms with van der Waals surface area (Å²) < 4.78 is 33.5. The van der Waals surface area contributed by atoms with Gasteiger partial charge in [0.1, 0.15) is 12.0 Å². The summed E-state index contributed by atoms with van der Waals surface area (Å²) in [5, 5.41) is 0. The molecule has 0 saturated heterocycles. The van der Waals surface area contributed by atoms with Crippen LogP contribution in [0.1, 0.15) is 22.7 Å². The number of esters is 1. The molecule has 2 aromatic carbocycles. The molecule has 3 rings (SSSR count). The van der Waals surface area contributed by atoms with Gasteiger partial charge in [0.25, 0.3) is 0 Å². The van der Waals surface area contributed by atoms with Crippen molar-refractivity contribution in [1.82, 2.24) is 4.72 Å². The van der Waals surface area contributed by atoms with Crippen LogP contribution in [-0.4, -0.2) is 26.4 Å². The van der Waals surface area contributed by atoms with E-state index in [9.17, 15) is 13.2 Å². The average Bonchev–Trinajstić information content (AvgIpc) is 2.92. The van der Waals surface area contributed by atoms with E-state index in [4.69, 9.17) is 16.3 Å². The second kappa shape index (κ2) is 7.15. The Morgan fingerprint density at radius 3 is 2.56 bits per heavy atom. The molecule has 0 aromatic heterocycles. The summed E-state index contributed by atoms with van der Waals surface area (Å²) in [6.45, 7) is 1.89. The molecule has 0 spiro atoms. The number of aryl methyl sites for hydroxylation is 1. The second-order valence-electron chi connectivity index (χ2n) is 5.98. The summed E-state index contributed by atoms with van der Waals surface area (Å²) in [7, 11) is -3.75. The quantitative estimate of drug-likeness (QED) is 0.640. The molecule has 0 amide bonds. The highest BCUT2D eigenvalue weighted by atomic mass is 35.5. The summed E-state index contributed by atoms with van der Waals surface area (Å²) in [5.74, 6) is -0.844. The van der Waals surface area contributed by atoms with Crippen molar-refractivity contribution in [1.29, 1.82) is 0 Å². The predicted molar refractivity (Wildman–Crippen MR) is 95.0 cm³/mol. The Morgan fingerprint density at radius 1 is 1.20 bits per heavy atom. The van der Waals surface area contributed by atoms with Gasteiger partial charge in [-0.2, -0.15) is 4.72 Å². The van der Waals surface area contributed by atoms with E-state index >= 15 is 0 Å². The third-order valence-corrected chi connectivity index (χ3v) is 5.86. The van der Waals surface area contributed by atoms with Crippen LogP contribution in [0.15, 0.2) is 53.4 Å². The van der Waals surface area contributed by atoms with Crippen molar-refractivity contribution in [3.63, 3.8) is 0 Å². The molecule has 0 bridgehead atoms. The number of fused-ring (bicyclic) bond motifs is 1. The van der Waals surface area contributed by atoms with Crippen molar-refractivity contribution >= 4 is 27.6 Å². The van der Waals surface area contributed by atoms with E-state index in [1.807, 2.05) is 31.2 Å². The maximum atomic E-state index is 12.7. The number of hydrogen-bond donors (Lipinski definition) is 1. The molecule has 0 unspecified atom stereocenters. The van der Waals surface area contributed by atoms with Gasteiger partial charge in [0.15, 0.2) is 0 Å². The van der Waals surface area contributed by atoms with Crippen molar-refractivity contribution in [3.8, 4) is 0 Å². The van der Waals surface area contributed by atoms with Crippen molar-refractivity contribution in [2.75, 3.05) is 5.88 Å². The van der Waals surface area contributed by atoms with Crippen LogP contribution >= 0.6 is 11.6 Å². The van der Waals surface area contributed by atoms with Gasteiger partial charge in [0, 0.05) is 6.42 Å². The van der Waals surface area contributed by atoms with Crippen LogP contribution < -0.4 is 4.72 Å². The molecular weight excluding hydrogens is 362 g/mol. The zero-order chi connectivity index (χ0) is 18.0. The molecule has 2 aromatic rings. The SMILES string of the molecule is Cc1ccc(S(=O)(=O)N[C@@H]2c3ccccc3C[C@@H]2OC(=O)CCl)cc1. The fourth-order valence-electron chi connectivity index (χ4n) is 2.96. The predicted octanol–water partition coefficient (Wildman–Crippen LogP) is 2.72. The molecule has 0 saturated carbocycles. The summed E-state index contributed by atoms with van der Waals surface area (Å²) in [5.41, 5.74) is 2.73. The highest BCUT2D eigenvalue weighted by molar-refractivity contribution is 7.89. The monoisotopic (exact) mass is 379 g/mol. The van der Waals surface area contributed by atoms with E-state index in [1.54, 1.807) is 24.3 Å². The largest absolute Gasteiger partial charge is 0.459 e. The van der Waals surface area contributed by atoms with Gasteiger partial charge in [-0.3, -0.25) is 4.79 Å². The van der Waals surface area contributed by atoms with Gasteiger partial charge in [0.2, 0.25) is 10.0 Å². The lowest BCUT2D eigenvalue weighted by Crippen LogP contribution is -2.36. The second-order valence-corrected chi connectivity index (χ2v) is 7.96. The molecule has 1 aliphatic rings. The highest BCUT2D eigenvalue weighted by Gasteiger charge is 2.37. The minimum absolute atomic E-state index is 0.171. The normalized spacial score (nSPS) is 19.4. The fraction of sp³-hybridized carbons (Fsp3) is 0.278. The van der Waals surface area contributed by atoms with E-state index in [1.165, 1.54) is 0 Å². The first-order valence-corrected chi connectivity index (χ1v) is 9.85. The number of halogens is 1. The number of carbonyl (C=O) groups excluding carboxylic acids is 1. The number of sulfonamides is 1. The van der Waals surface area contributed by atoms with Crippen molar-refractivity contribution in [2.45, 2.75) is 30.4 Å². The molecule has 5 nitrogen and oxygen atoms in total. The fourth-order valence-corrected chi connectivity index (χ4v) is 4.27. The molecule has 25 heavy (non-hydrogen) atoms. The molecule has 1 N–H and O–H groups in total. The summed E-state index contributed by atoms with van der Waals surface area (Å²) in [4.78, 5) is 11.8. The molecular formula is C18H18ClNO4S. The van der Waals surface area contributed by atoms with E-state index in [0.717, 1.165) is 16.7 Å². The highest BCUT2D eigenvalue weighted by Crippen LogP contribution is 2.34. The van der Waals surface area contributed by atoms with Crippen LogP contribution in [0.25, 0.3) is 0 Å². The Morgan fingerprint density at radius 2 is 1.88 bits per heavy atom. The Bertz CT molecular complexity index is 880. The zero-order valence-electron chi connectivity index (χ0n) is 13.6. The third-order valence-electron chi connectivity index (χ3n) is 4.19. The van der Waals surface area contributed by atoms with Gasteiger partial charge < -0.3 is 4.74 Å². The lowest BCUT2D eigenvalue weighted by molar-refractivity contribution is -0.146. The van der Waals surface area contributed by atoms with Gasteiger partial charge in [-0.05, 0) is 30.2 Å². The van der Waals surface area contributed by atoms with Crippen LogP contribution in [0, 0.1) is 6.92 Å². The molecule has 0 fully saturated rings. The lowest BCUT2D eigenvalue weighted by Gasteiger charge is -2.22. The third kappa shape index (κ3) is 3.86. The van der Waals surface area contributed by atoms with Gasteiger partial charge >= 0.3 is 5.97 Å². The molecule has 0 radical (unpaired) electrons. The van der Waals surface area contributed by atoms with Crippen LogP contribution in [-0.2, 0) is 26.0 Å². The number of hydrogen-bond acceptors (Lipinski definition) is 4. The first kappa shape index (κ1) is 17.9. The first-order chi connectivity index (χ1) is 11.9. The zero-order valence-corrected chi connectivity index (χ0v) is 15.2. The number of rotatable bonds is 5. The van der Waals surface area contributed by atoms with Crippen LogP contribution in [0.2, 0.25) is 0 Å². The Balaban J connectivity index is 1.91. The maximum Gasteiger partial charge on any atom is 0.321 e. The van der Waals surface area contributed by atoms with Crippen molar-refractivity contribution in [3.05, 3.63) is 65.2 Å². The molecule has 0 aliphatic heterocycles. The van der Waals surface area contributed by atoms with Gasteiger partial charge in [-0.25, -0.2) is 8.42 Å². The average molecular weight is 380 g/mol. The maximum absolute atomic E-state index is 12.7. The number of carbonyl (C=O) groups is 1. The first-order valence-electron chi connectivity index (χ1n) is 7.83. The molecule has 0 heterocycles. The lowest BCUT2D eigenvalue weighted by atomic mass is 10.1. The molecule has 7 heteroatoms. The minimum Gasteiger partial charge on any atom is -0.459 e. The Labute approximate surface area is 152 Å². The summed E-state index contributed by atoms with van der Waals surface area (Å²) in [6.07, 6.45) is -0.177. The Hall–Kier alpha value is -1.89. The van der Waals surface area contributed by atoms with Gasteiger partial charge in [0.05, 0.1) is 10.9 Å². The van der Waals surface area contributed by atoms with Crippen LogP contribution in [0.4, 0.5) is 0 Å². The number of ether oxygens (including phenoxy) is 1. The van der Waals surface area contributed by atoms with E-state index < -0.39 is 28.1 Å². The number of alkyl halides is 1. The minimum atomic E-state index is -3.75. The number of nitrogens with one attached hydrogen (secondary N) is 1. The van der Waals surface area contributed by atoms with E-state index in [-0.39, 0.29) is 10.8 Å². The molecule has 1 aliphatic carbocycles. The summed E-state index contributed by atoms with van der Waals surface area (Å²) in [6, 6.07) is 13.4. The van der Waals surface area contributed by atoms with Crippen LogP contribution in [0.3, 0.4) is 0 Å². The topological polar surface area (TPSA) is 72.5 Å². The van der Waals surface area contributed by atoms with Crippen LogP contribution in [0.5, 0.6) is 0 Å². The van der Waals surface area contributed by atoms with Crippen molar-refractivity contribution in [2.24, 2.45) is 0 Å². The Kier molecular flexibility index (Phi) is 5.13. The van der Waals surface area contributed by atoms with E-state index in [2.05, 4.69) is 4.72 Å². The standard InChI is InChI=1S/C18H18ClNO4S/c1-12-6-8-14(9-7-12)25(22,23)20-18-15-5-3-2-4-13(15)10-16(18)24-17(21)11-19/h2-9,16,18,20H,10-11H2,1H3/t16-,18+/m0/s1.